The largest absolute Gasteiger partial charge is 0.356 e. The summed E-state index contributed by atoms with van der Waals surface area (Å²) >= 11 is 0. The second-order valence-corrected chi connectivity index (χ2v) is 6.20. The summed E-state index contributed by atoms with van der Waals surface area (Å²) < 4.78 is 0. The first kappa shape index (κ1) is 14.1. The molecule has 2 N–H and O–H groups in total. The molecule has 0 aromatic heterocycles. The Morgan fingerprint density at radius 2 is 2.11 bits per heavy atom. The zero-order valence-electron chi connectivity index (χ0n) is 11.0. The topological polar surface area (TPSA) is 41.1 Å². The van der Waals surface area contributed by atoms with Gasteiger partial charge in [0.2, 0.25) is 5.91 Å². The first-order chi connectivity index (χ1) is 8.33. The smallest absolute Gasteiger partial charge is 0.224 e. The third kappa shape index (κ3) is 3.00. The predicted octanol–water partition coefficient (Wildman–Crippen LogP) is 1.96. The molecule has 1 aliphatic heterocycles. The van der Waals surface area contributed by atoms with E-state index in [-0.39, 0.29) is 24.2 Å². The molecule has 2 aliphatic carbocycles. The van der Waals surface area contributed by atoms with Crippen LogP contribution >= 0.6 is 12.4 Å². The highest BCUT2D eigenvalue weighted by Crippen LogP contribution is 2.49. The van der Waals surface area contributed by atoms with Gasteiger partial charge in [-0.15, -0.1) is 12.4 Å². The van der Waals surface area contributed by atoms with Crippen molar-refractivity contribution in [2.45, 2.75) is 38.5 Å². The normalized spacial score (nSPS) is 37.6. The van der Waals surface area contributed by atoms with Gasteiger partial charge < -0.3 is 10.6 Å². The molecule has 0 aromatic rings. The quantitative estimate of drug-likeness (QED) is 0.822. The van der Waals surface area contributed by atoms with Crippen LogP contribution in [-0.4, -0.2) is 25.5 Å². The van der Waals surface area contributed by atoms with Crippen LogP contribution in [0.1, 0.15) is 38.5 Å². The van der Waals surface area contributed by atoms with E-state index in [2.05, 4.69) is 10.6 Å². The van der Waals surface area contributed by atoms with E-state index in [1.807, 2.05) is 0 Å². The minimum Gasteiger partial charge on any atom is -0.356 e. The minimum absolute atomic E-state index is 0. The number of carbonyl (C=O) groups is 1. The van der Waals surface area contributed by atoms with Crippen LogP contribution in [-0.2, 0) is 4.79 Å². The molecule has 2 bridgehead atoms. The van der Waals surface area contributed by atoms with Gasteiger partial charge in [0.1, 0.15) is 0 Å². The summed E-state index contributed by atoms with van der Waals surface area (Å²) in [5.41, 5.74) is 0. The Bertz CT molecular complexity index is 292. The first-order valence-corrected chi connectivity index (χ1v) is 7.31. The van der Waals surface area contributed by atoms with E-state index in [9.17, 15) is 4.79 Å². The molecule has 4 heteroatoms. The number of hydrogen-bond acceptors (Lipinski definition) is 2. The average molecular weight is 273 g/mol. The molecule has 3 rings (SSSR count). The van der Waals surface area contributed by atoms with Gasteiger partial charge in [-0.25, -0.2) is 0 Å². The fourth-order valence-corrected chi connectivity index (χ4v) is 4.13. The van der Waals surface area contributed by atoms with Crippen molar-refractivity contribution in [3.8, 4) is 0 Å². The summed E-state index contributed by atoms with van der Waals surface area (Å²) in [4.78, 5) is 11.8. The van der Waals surface area contributed by atoms with Gasteiger partial charge in [0, 0.05) is 13.1 Å². The maximum atomic E-state index is 11.8. The first-order valence-electron chi connectivity index (χ1n) is 7.31. The van der Waals surface area contributed by atoms with E-state index in [1.165, 1.54) is 32.1 Å². The fraction of sp³-hybridized carbons (Fsp3) is 0.929. The summed E-state index contributed by atoms with van der Waals surface area (Å²) in [6.45, 7) is 2.79. The molecule has 3 nitrogen and oxygen atoms in total. The lowest BCUT2D eigenvalue weighted by molar-refractivity contribution is -0.124. The average Bonchev–Trinajstić information content (AvgIpc) is 3.06. The number of fused-ring (bicyclic) bond motifs is 2. The Morgan fingerprint density at radius 3 is 2.72 bits per heavy atom. The number of amides is 1. The van der Waals surface area contributed by atoms with Crippen molar-refractivity contribution in [3.05, 3.63) is 0 Å². The molecule has 3 aliphatic rings. The Labute approximate surface area is 116 Å². The van der Waals surface area contributed by atoms with Crippen LogP contribution in [0.25, 0.3) is 0 Å². The molecule has 2 saturated carbocycles. The molecule has 104 valence electrons. The standard InChI is InChI=1S/C14H24N2O.ClH/c17-14(13-3-5-15-9-13)16-6-4-12-8-10-1-2-11(12)7-10;/h10-13,15H,1-9H2,(H,16,17);1H. The SMILES string of the molecule is Cl.O=C(NCCC1CC2CCC1C2)C1CCNC1. The lowest BCUT2D eigenvalue weighted by Gasteiger charge is -2.21. The van der Waals surface area contributed by atoms with Gasteiger partial charge in [-0.05, 0) is 56.4 Å². The highest BCUT2D eigenvalue weighted by Gasteiger charge is 2.38. The van der Waals surface area contributed by atoms with Gasteiger partial charge in [-0.2, -0.15) is 0 Å². The van der Waals surface area contributed by atoms with Crippen molar-refractivity contribution in [3.63, 3.8) is 0 Å². The van der Waals surface area contributed by atoms with E-state index in [4.69, 9.17) is 0 Å². The van der Waals surface area contributed by atoms with Crippen LogP contribution in [0.5, 0.6) is 0 Å². The molecule has 18 heavy (non-hydrogen) atoms. The second kappa shape index (κ2) is 6.25. The number of rotatable bonds is 4. The molecule has 4 atom stereocenters. The van der Waals surface area contributed by atoms with E-state index in [0.29, 0.717) is 0 Å². The van der Waals surface area contributed by atoms with Crippen LogP contribution in [0.4, 0.5) is 0 Å². The van der Waals surface area contributed by atoms with Gasteiger partial charge in [-0.1, -0.05) is 6.42 Å². The van der Waals surface area contributed by atoms with Crippen LogP contribution in [0.15, 0.2) is 0 Å². The third-order valence-corrected chi connectivity index (χ3v) is 5.13. The zero-order valence-corrected chi connectivity index (χ0v) is 11.8. The van der Waals surface area contributed by atoms with Crippen molar-refractivity contribution in [2.24, 2.45) is 23.7 Å². The van der Waals surface area contributed by atoms with Crippen molar-refractivity contribution in [1.29, 1.82) is 0 Å². The fourth-order valence-electron chi connectivity index (χ4n) is 4.13. The maximum Gasteiger partial charge on any atom is 0.224 e. The molecule has 0 radical (unpaired) electrons. The van der Waals surface area contributed by atoms with Crippen molar-refractivity contribution in [1.82, 2.24) is 10.6 Å². The highest BCUT2D eigenvalue weighted by atomic mass is 35.5. The zero-order chi connectivity index (χ0) is 11.7. The molecule has 1 saturated heterocycles. The van der Waals surface area contributed by atoms with Crippen molar-refractivity contribution < 1.29 is 4.79 Å². The van der Waals surface area contributed by atoms with Gasteiger partial charge >= 0.3 is 0 Å². The Morgan fingerprint density at radius 1 is 1.22 bits per heavy atom. The van der Waals surface area contributed by atoms with E-state index in [1.54, 1.807) is 0 Å². The maximum absolute atomic E-state index is 11.8. The number of halogens is 1. The molecule has 0 aromatic carbocycles. The number of carbonyl (C=O) groups excluding carboxylic acids is 1. The van der Waals surface area contributed by atoms with Crippen LogP contribution < -0.4 is 10.6 Å². The summed E-state index contributed by atoms with van der Waals surface area (Å²) in [6.07, 6.45) is 8.07. The summed E-state index contributed by atoms with van der Waals surface area (Å²) in [5, 5.41) is 6.38. The van der Waals surface area contributed by atoms with Crippen LogP contribution in [0.3, 0.4) is 0 Å². The lowest BCUT2D eigenvalue weighted by atomic mass is 9.86. The van der Waals surface area contributed by atoms with Crippen LogP contribution in [0.2, 0.25) is 0 Å². The lowest BCUT2D eigenvalue weighted by Crippen LogP contribution is -2.33. The number of hydrogen-bond donors (Lipinski definition) is 2. The molecular formula is C14H25ClN2O. The van der Waals surface area contributed by atoms with Crippen LogP contribution in [0, 0.1) is 23.7 Å². The van der Waals surface area contributed by atoms with E-state index >= 15 is 0 Å². The molecule has 0 spiro atoms. The molecule has 1 amide bonds. The van der Waals surface area contributed by atoms with Crippen molar-refractivity contribution in [2.75, 3.05) is 19.6 Å². The molecule has 4 unspecified atom stereocenters. The molecule has 1 heterocycles. The third-order valence-electron chi connectivity index (χ3n) is 5.13. The Balaban J connectivity index is 0.00000120. The summed E-state index contributed by atoms with van der Waals surface area (Å²) in [7, 11) is 0. The predicted molar refractivity (Wildman–Crippen MR) is 74.8 cm³/mol. The number of nitrogens with one attached hydrogen (secondary N) is 2. The monoisotopic (exact) mass is 272 g/mol. The van der Waals surface area contributed by atoms with Crippen molar-refractivity contribution >= 4 is 18.3 Å². The molecule has 3 fully saturated rings. The van der Waals surface area contributed by atoms with Gasteiger partial charge in [0.25, 0.3) is 0 Å². The Hall–Kier alpha value is -0.280. The Kier molecular flexibility index (Phi) is 4.91. The second-order valence-electron chi connectivity index (χ2n) is 6.20. The van der Waals surface area contributed by atoms with Gasteiger partial charge in [0.05, 0.1) is 5.92 Å². The van der Waals surface area contributed by atoms with Gasteiger partial charge in [0.15, 0.2) is 0 Å². The summed E-state index contributed by atoms with van der Waals surface area (Å²) in [5.74, 6) is 3.44. The highest BCUT2D eigenvalue weighted by molar-refractivity contribution is 5.85. The summed E-state index contributed by atoms with van der Waals surface area (Å²) in [6, 6.07) is 0. The molecular weight excluding hydrogens is 248 g/mol. The van der Waals surface area contributed by atoms with E-state index in [0.717, 1.165) is 43.8 Å². The van der Waals surface area contributed by atoms with Gasteiger partial charge in [-0.3, -0.25) is 4.79 Å². The van der Waals surface area contributed by atoms with E-state index < -0.39 is 0 Å². The minimum atomic E-state index is 0.